The maximum Gasteiger partial charge on any atom is 0.573 e. The van der Waals surface area contributed by atoms with Crippen molar-refractivity contribution >= 4 is 17.8 Å². The van der Waals surface area contributed by atoms with Gasteiger partial charge in [-0.1, -0.05) is 16.8 Å². The van der Waals surface area contributed by atoms with E-state index in [-0.39, 0.29) is 6.07 Å². The van der Waals surface area contributed by atoms with Gasteiger partial charge in [-0.25, -0.2) is 4.39 Å². The molecule has 1 aromatic rings. The molecule has 14 heteroatoms. The third kappa shape index (κ3) is 4.19. The minimum atomic E-state index is -6.58. The molecule has 0 fully saturated rings. The van der Waals surface area contributed by atoms with Gasteiger partial charge in [0, 0.05) is 5.56 Å². The van der Waals surface area contributed by atoms with Gasteiger partial charge in [0.2, 0.25) is 0 Å². The van der Waals surface area contributed by atoms with Crippen molar-refractivity contribution in [1.82, 2.24) is 0 Å². The van der Waals surface area contributed by atoms with Crippen molar-refractivity contribution in [2.24, 2.45) is 5.16 Å². The molecular weight excluding hydrogens is 404 g/mol. The lowest BCUT2D eigenvalue weighted by Gasteiger charge is -2.31. The molecule has 0 bridgehead atoms. The molecule has 1 rings (SSSR count). The molecule has 0 unspecified atom stereocenters. The van der Waals surface area contributed by atoms with Crippen molar-refractivity contribution in [2.75, 3.05) is 0 Å². The van der Waals surface area contributed by atoms with E-state index in [9.17, 15) is 43.9 Å². The smallest absolute Gasteiger partial charge is 0.410 e. The maximum atomic E-state index is 13.9. The molecule has 0 spiro atoms. The van der Waals surface area contributed by atoms with Crippen LogP contribution in [0.4, 0.5) is 43.9 Å². The number of ether oxygens (including phenoxy) is 1. The van der Waals surface area contributed by atoms with Crippen LogP contribution in [-0.4, -0.2) is 30.1 Å². The Hall–Kier alpha value is -1.92. The van der Waals surface area contributed by atoms with E-state index in [1.807, 2.05) is 0 Å². The first kappa shape index (κ1) is 21.1. The van der Waals surface area contributed by atoms with E-state index < -0.39 is 52.3 Å². The molecule has 0 saturated carbocycles. The second-order valence-corrected chi connectivity index (χ2v) is 4.65. The Morgan fingerprint density at radius 1 is 0.920 bits per heavy atom. The number of rotatable bonds is 3. The van der Waals surface area contributed by atoms with Crippen LogP contribution in [0.15, 0.2) is 17.3 Å². The molecule has 0 aliphatic heterocycles. The van der Waals surface area contributed by atoms with Crippen LogP contribution >= 0.6 is 11.6 Å². The van der Waals surface area contributed by atoms with Gasteiger partial charge in [0.25, 0.3) is 0 Å². The summed E-state index contributed by atoms with van der Waals surface area (Å²) in [6.07, 6.45) is -17.4. The van der Waals surface area contributed by atoms with Gasteiger partial charge in [-0.3, -0.25) is 0 Å². The average Bonchev–Trinajstić information content (AvgIpc) is 2.37. The topological polar surface area (TPSA) is 41.8 Å². The summed E-state index contributed by atoms with van der Waals surface area (Å²) in [6, 6.07) is -0.757. The quantitative estimate of drug-likeness (QED) is 0.324. The summed E-state index contributed by atoms with van der Waals surface area (Å²) in [5, 5.41) is 9.09. The van der Waals surface area contributed by atoms with E-state index in [1.54, 1.807) is 0 Å². The van der Waals surface area contributed by atoms with Gasteiger partial charge in [-0.15, -0.1) is 13.2 Å². The first-order valence-electron chi connectivity index (χ1n) is 5.57. The van der Waals surface area contributed by atoms with Crippen LogP contribution in [0, 0.1) is 0 Å². The first-order chi connectivity index (χ1) is 11.0. The van der Waals surface area contributed by atoms with E-state index in [1.165, 1.54) is 6.21 Å². The Morgan fingerprint density at radius 3 is 1.76 bits per heavy atom. The highest BCUT2D eigenvalue weighted by Crippen LogP contribution is 2.54. The van der Waals surface area contributed by atoms with Crippen LogP contribution in [0.1, 0.15) is 11.1 Å². The van der Waals surface area contributed by atoms with Gasteiger partial charge in [-0.2, -0.15) is 26.3 Å². The summed E-state index contributed by atoms with van der Waals surface area (Å²) in [6.45, 7) is 0. The van der Waals surface area contributed by atoms with Gasteiger partial charge in [0.05, 0.1) is 10.6 Å². The lowest BCUT2D eigenvalue weighted by molar-refractivity contribution is -0.348. The molecule has 3 nitrogen and oxygen atoms in total. The number of alkyl halides is 10. The Balaban J connectivity index is 3.77. The lowest BCUT2D eigenvalue weighted by atomic mass is 9.93. The molecule has 0 aliphatic rings. The summed E-state index contributed by atoms with van der Waals surface area (Å²) in [5.74, 6) is -1.79. The van der Waals surface area contributed by atoms with E-state index >= 15 is 0 Å². The van der Waals surface area contributed by atoms with Crippen molar-refractivity contribution < 1.29 is 53.8 Å². The molecule has 0 aromatic heterocycles. The average molecular weight is 407 g/mol. The molecule has 25 heavy (non-hydrogen) atoms. The fourth-order valence-corrected chi connectivity index (χ4v) is 1.89. The molecule has 0 amide bonds. The van der Waals surface area contributed by atoms with Gasteiger partial charge >= 0.3 is 24.4 Å². The summed E-state index contributed by atoms with van der Waals surface area (Å²) in [4.78, 5) is 0. The van der Waals surface area contributed by atoms with Gasteiger partial charge < -0.3 is 9.94 Å². The predicted octanol–water partition coefficient (Wildman–Crippen LogP) is 5.21. The molecule has 1 radical (unpaired) electrons. The highest BCUT2D eigenvalue weighted by molar-refractivity contribution is 6.33. The Morgan fingerprint density at radius 2 is 1.40 bits per heavy atom. The number of nitrogens with zero attached hydrogens (tertiary/aromatic N) is 1. The Labute approximate surface area is 136 Å². The van der Waals surface area contributed by atoms with Crippen LogP contribution in [0.3, 0.4) is 0 Å². The standard InChI is InChI=1S/C11H3ClF10NO2/c12-6-1-4(8(13,9(14,15)16)10(17,18)19)2-7(5(6)3-23-24)25-11(20,21)22/h1-2,24H. The summed E-state index contributed by atoms with van der Waals surface area (Å²) >= 11 is 5.27. The summed E-state index contributed by atoms with van der Waals surface area (Å²) in [5.41, 5.74) is -9.51. The predicted molar refractivity (Wildman–Crippen MR) is 61.4 cm³/mol. The lowest BCUT2D eigenvalue weighted by Crippen LogP contribution is -2.50. The number of benzene rings is 1. The largest absolute Gasteiger partial charge is 0.573 e. The second-order valence-electron chi connectivity index (χ2n) is 4.24. The number of hydrogen-bond acceptors (Lipinski definition) is 3. The van der Waals surface area contributed by atoms with Crippen molar-refractivity contribution in [3.8, 4) is 5.75 Å². The van der Waals surface area contributed by atoms with E-state index in [0.717, 1.165) is 0 Å². The number of halogens is 11. The molecule has 0 saturated heterocycles. The molecule has 141 valence electrons. The van der Waals surface area contributed by atoms with E-state index in [2.05, 4.69) is 9.89 Å². The van der Waals surface area contributed by atoms with Crippen LogP contribution in [0.25, 0.3) is 0 Å². The fraction of sp³-hybridized carbons (Fsp3) is 0.364. The summed E-state index contributed by atoms with van der Waals surface area (Å²) in [7, 11) is 0. The fourth-order valence-electron chi connectivity index (χ4n) is 1.63. The number of hydrogen-bond donors (Lipinski definition) is 1. The molecule has 0 heterocycles. The molecular formula is C11H3ClF10NO2. The van der Waals surface area contributed by atoms with Crippen LogP contribution in [-0.2, 0) is 5.67 Å². The monoisotopic (exact) mass is 406 g/mol. The van der Waals surface area contributed by atoms with Crippen molar-refractivity contribution in [2.45, 2.75) is 24.4 Å². The maximum absolute atomic E-state index is 13.9. The van der Waals surface area contributed by atoms with Crippen LogP contribution in [0.5, 0.6) is 5.75 Å². The Bertz CT molecular complexity index is 651. The zero-order valence-corrected chi connectivity index (χ0v) is 11.9. The van der Waals surface area contributed by atoms with Crippen molar-refractivity contribution in [1.29, 1.82) is 0 Å². The molecule has 1 aromatic carbocycles. The second kappa shape index (κ2) is 6.42. The van der Waals surface area contributed by atoms with Crippen molar-refractivity contribution in [3.63, 3.8) is 0 Å². The molecule has 0 aliphatic carbocycles. The molecule has 1 N–H and O–H groups in total. The third-order valence-electron chi connectivity index (χ3n) is 2.62. The normalized spacial score (nSPS) is 14.2. The van der Waals surface area contributed by atoms with Gasteiger partial charge in [0.15, 0.2) is 0 Å². The highest BCUT2D eigenvalue weighted by atomic mass is 35.5. The van der Waals surface area contributed by atoms with Crippen LogP contribution in [0.2, 0.25) is 5.02 Å². The van der Waals surface area contributed by atoms with Crippen molar-refractivity contribution in [3.05, 3.63) is 28.3 Å². The highest BCUT2D eigenvalue weighted by Gasteiger charge is 2.73. The zero-order valence-electron chi connectivity index (χ0n) is 11.1. The first-order valence-corrected chi connectivity index (χ1v) is 5.94. The van der Waals surface area contributed by atoms with E-state index in [4.69, 9.17) is 16.8 Å². The molecule has 0 atom stereocenters. The van der Waals surface area contributed by atoms with Gasteiger partial charge in [0.1, 0.15) is 12.0 Å². The SMILES string of the molecule is ON=[C]c1c(Cl)cc(C(F)(C(F)(F)F)C(F)(F)F)cc1OC(F)(F)F. The summed E-state index contributed by atoms with van der Waals surface area (Å²) < 4.78 is 130. The zero-order chi connectivity index (χ0) is 19.8. The van der Waals surface area contributed by atoms with Crippen LogP contribution < -0.4 is 4.74 Å². The Kier molecular flexibility index (Phi) is 5.43. The third-order valence-corrected chi connectivity index (χ3v) is 2.92. The minimum absolute atomic E-state index is 0.237. The van der Waals surface area contributed by atoms with Gasteiger partial charge in [-0.05, 0) is 12.1 Å². The minimum Gasteiger partial charge on any atom is -0.410 e. The van der Waals surface area contributed by atoms with E-state index in [0.29, 0.717) is 0 Å².